The van der Waals surface area contributed by atoms with E-state index in [-0.39, 0.29) is 5.97 Å². The first-order valence-corrected chi connectivity index (χ1v) is 5.84. The minimum Gasteiger partial charge on any atom is -0.469 e. The molecular weight excluding hydrogens is 224 g/mol. The molecule has 0 amide bonds. The summed E-state index contributed by atoms with van der Waals surface area (Å²) in [6, 6.07) is 19.8. The number of carbonyl (C=O) groups is 1. The Morgan fingerprint density at radius 3 is 1.83 bits per heavy atom. The molecule has 0 atom stereocenters. The number of methoxy groups -OCH3 is 1. The number of esters is 1. The highest BCUT2D eigenvalue weighted by Crippen LogP contribution is 1.99. The summed E-state index contributed by atoms with van der Waals surface area (Å²) in [6.45, 7) is 2.08. The van der Waals surface area contributed by atoms with Crippen molar-refractivity contribution in [3.8, 4) is 0 Å². The molecule has 0 saturated heterocycles. The molecule has 0 aliphatic rings. The fourth-order valence-corrected chi connectivity index (χ4v) is 1.37. The zero-order chi connectivity index (χ0) is 13.2. The average molecular weight is 242 g/mol. The fraction of sp³-hybridized carbons (Fsp3) is 0.188. The van der Waals surface area contributed by atoms with Crippen LogP contribution in [0.25, 0.3) is 0 Å². The quantitative estimate of drug-likeness (QED) is 0.754. The molecule has 0 fully saturated rings. The standard InChI is InChI=1S/C9H10O2.C7H8/c1-11-9(10)7-8-5-3-2-4-6-8;1-7-5-3-2-4-6-7/h2-6H,7H2,1H3;2-6H,1H3. The molecule has 0 heterocycles. The Bertz CT molecular complexity index is 449. The van der Waals surface area contributed by atoms with Gasteiger partial charge in [0, 0.05) is 0 Å². The number of carbonyl (C=O) groups excluding carboxylic acids is 1. The van der Waals surface area contributed by atoms with Gasteiger partial charge in [-0.1, -0.05) is 66.2 Å². The number of ether oxygens (including phenoxy) is 1. The molecule has 2 aromatic rings. The Kier molecular flexibility index (Phi) is 6.26. The van der Waals surface area contributed by atoms with E-state index < -0.39 is 0 Å². The van der Waals surface area contributed by atoms with Gasteiger partial charge in [0.25, 0.3) is 0 Å². The largest absolute Gasteiger partial charge is 0.469 e. The smallest absolute Gasteiger partial charge is 0.309 e. The number of aryl methyl sites for hydroxylation is 1. The zero-order valence-corrected chi connectivity index (χ0v) is 10.8. The summed E-state index contributed by atoms with van der Waals surface area (Å²) < 4.78 is 4.52. The van der Waals surface area contributed by atoms with Crippen LogP contribution in [0.5, 0.6) is 0 Å². The Morgan fingerprint density at radius 2 is 1.44 bits per heavy atom. The summed E-state index contributed by atoms with van der Waals surface area (Å²) in [6.07, 6.45) is 0.358. The van der Waals surface area contributed by atoms with Crippen molar-refractivity contribution in [3.63, 3.8) is 0 Å². The van der Waals surface area contributed by atoms with E-state index in [4.69, 9.17) is 0 Å². The summed E-state index contributed by atoms with van der Waals surface area (Å²) in [5.41, 5.74) is 2.31. The Hall–Kier alpha value is -2.09. The van der Waals surface area contributed by atoms with Crippen molar-refractivity contribution in [1.29, 1.82) is 0 Å². The number of benzene rings is 2. The molecule has 2 nitrogen and oxygen atoms in total. The van der Waals surface area contributed by atoms with Gasteiger partial charge < -0.3 is 4.74 Å². The molecule has 0 aromatic heterocycles. The first-order chi connectivity index (χ1) is 8.72. The number of rotatable bonds is 2. The Labute approximate surface area is 108 Å². The molecule has 2 rings (SSSR count). The van der Waals surface area contributed by atoms with Crippen molar-refractivity contribution < 1.29 is 9.53 Å². The van der Waals surface area contributed by atoms with Crippen LogP contribution in [-0.4, -0.2) is 13.1 Å². The van der Waals surface area contributed by atoms with Gasteiger partial charge in [-0.05, 0) is 12.5 Å². The van der Waals surface area contributed by atoms with E-state index >= 15 is 0 Å². The van der Waals surface area contributed by atoms with Crippen LogP contribution in [0, 0.1) is 6.92 Å². The lowest BCUT2D eigenvalue weighted by Crippen LogP contribution is -2.03. The molecule has 0 saturated carbocycles. The molecule has 18 heavy (non-hydrogen) atoms. The molecule has 0 spiro atoms. The van der Waals surface area contributed by atoms with Crippen LogP contribution in [0.4, 0.5) is 0 Å². The lowest BCUT2D eigenvalue weighted by molar-refractivity contribution is -0.139. The van der Waals surface area contributed by atoms with Gasteiger partial charge in [-0.15, -0.1) is 0 Å². The van der Waals surface area contributed by atoms with E-state index in [1.165, 1.54) is 12.7 Å². The van der Waals surface area contributed by atoms with Gasteiger partial charge in [0.1, 0.15) is 0 Å². The molecular formula is C16H18O2. The molecule has 0 bridgehead atoms. The van der Waals surface area contributed by atoms with Crippen LogP contribution in [0.1, 0.15) is 11.1 Å². The van der Waals surface area contributed by atoms with Gasteiger partial charge in [-0.25, -0.2) is 0 Å². The second-order valence-corrected chi connectivity index (χ2v) is 3.89. The predicted octanol–water partition coefficient (Wildman–Crippen LogP) is 3.40. The van der Waals surface area contributed by atoms with Crippen molar-refractivity contribution in [3.05, 3.63) is 71.8 Å². The average Bonchev–Trinajstić information content (AvgIpc) is 2.41. The van der Waals surface area contributed by atoms with Crippen LogP contribution in [0.15, 0.2) is 60.7 Å². The number of hydrogen-bond donors (Lipinski definition) is 0. The van der Waals surface area contributed by atoms with Crippen LogP contribution in [0.3, 0.4) is 0 Å². The van der Waals surface area contributed by atoms with Gasteiger partial charge in [0.05, 0.1) is 13.5 Å². The molecule has 2 aromatic carbocycles. The Morgan fingerprint density at radius 1 is 0.944 bits per heavy atom. The van der Waals surface area contributed by atoms with E-state index in [1.807, 2.05) is 48.5 Å². The first kappa shape index (κ1) is 14.0. The highest BCUT2D eigenvalue weighted by molar-refractivity contribution is 5.72. The molecule has 0 N–H and O–H groups in total. The zero-order valence-electron chi connectivity index (χ0n) is 10.8. The van der Waals surface area contributed by atoms with E-state index in [0.29, 0.717) is 6.42 Å². The monoisotopic (exact) mass is 242 g/mol. The second-order valence-electron chi connectivity index (χ2n) is 3.89. The van der Waals surface area contributed by atoms with Crippen LogP contribution < -0.4 is 0 Å². The van der Waals surface area contributed by atoms with E-state index in [1.54, 1.807) is 0 Å². The second kappa shape index (κ2) is 8.07. The van der Waals surface area contributed by atoms with Gasteiger partial charge >= 0.3 is 5.97 Å². The Balaban J connectivity index is 0.000000199. The molecule has 0 aliphatic carbocycles. The minimum atomic E-state index is -0.198. The topological polar surface area (TPSA) is 26.3 Å². The maximum atomic E-state index is 10.8. The summed E-state index contributed by atoms with van der Waals surface area (Å²) in [5.74, 6) is -0.198. The lowest BCUT2D eigenvalue weighted by Gasteiger charge is -1.97. The van der Waals surface area contributed by atoms with Crippen molar-refractivity contribution in [2.75, 3.05) is 7.11 Å². The highest BCUT2D eigenvalue weighted by atomic mass is 16.5. The van der Waals surface area contributed by atoms with Crippen molar-refractivity contribution in [2.45, 2.75) is 13.3 Å². The summed E-state index contributed by atoms with van der Waals surface area (Å²) in [5, 5.41) is 0. The summed E-state index contributed by atoms with van der Waals surface area (Å²) in [7, 11) is 1.39. The van der Waals surface area contributed by atoms with Gasteiger partial charge in [-0.2, -0.15) is 0 Å². The van der Waals surface area contributed by atoms with Crippen LogP contribution in [0.2, 0.25) is 0 Å². The van der Waals surface area contributed by atoms with Gasteiger partial charge in [0.2, 0.25) is 0 Å². The SMILES string of the molecule is COC(=O)Cc1ccccc1.Cc1ccccc1. The van der Waals surface area contributed by atoms with E-state index in [0.717, 1.165) is 5.56 Å². The highest BCUT2D eigenvalue weighted by Gasteiger charge is 1.99. The fourth-order valence-electron chi connectivity index (χ4n) is 1.37. The van der Waals surface area contributed by atoms with Crippen molar-refractivity contribution >= 4 is 5.97 Å². The van der Waals surface area contributed by atoms with E-state index in [2.05, 4.69) is 23.8 Å². The molecule has 0 aliphatic heterocycles. The maximum Gasteiger partial charge on any atom is 0.309 e. The third-order valence-electron chi connectivity index (χ3n) is 2.36. The third-order valence-corrected chi connectivity index (χ3v) is 2.36. The van der Waals surface area contributed by atoms with E-state index in [9.17, 15) is 4.79 Å². The summed E-state index contributed by atoms with van der Waals surface area (Å²) >= 11 is 0. The van der Waals surface area contributed by atoms with Crippen LogP contribution >= 0.6 is 0 Å². The molecule has 0 radical (unpaired) electrons. The predicted molar refractivity (Wildman–Crippen MR) is 73.3 cm³/mol. The maximum absolute atomic E-state index is 10.8. The normalized spacial score (nSPS) is 9.00. The van der Waals surface area contributed by atoms with Gasteiger partial charge in [-0.3, -0.25) is 4.79 Å². The third kappa shape index (κ3) is 5.85. The molecule has 2 heteroatoms. The van der Waals surface area contributed by atoms with Crippen LogP contribution in [-0.2, 0) is 16.0 Å². The number of hydrogen-bond acceptors (Lipinski definition) is 2. The molecule has 0 unspecified atom stereocenters. The lowest BCUT2D eigenvalue weighted by atomic mass is 10.2. The summed E-state index contributed by atoms with van der Waals surface area (Å²) in [4.78, 5) is 10.8. The molecule has 94 valence electrons. The van der Waals surface area contributed by atoms with Crippen molar-refractivity contribution in [2.24, 2.45) is 0 Å². The minimum absolute atomic E-state index is 0.198. The van der Waals surface area contributed by atoms with Gasteiger partial charge in [0.15, 0.2) is 0 Å². The first-order valence-electron chi connectivity index (χ1n) is 5.84. The van der Waals surface area contributed by atoms with Crippen molar-refractivity contribution in [1.82, 2.24) is 0 Å².